The van der Waals surface area contributed by atoms with Crippen LogP contribution in [0.3, 0.4) is 0 Å². The summed E-state index contributed by atoms with van der Waals surface area (Å²) >= 11 is 0. The summed E-state index contributed by atoms with van der Waals surface area (Å²) in [5, 5.41) is 0. The first-order valence-corrected chi connectivity index (χ1v) is 8.20. The molecular weight excluding hydrogens is 371 g/mol. The number of carbonyl (C=O) groups is 1. The lowest BCUT2D eigenvalue weighted by Crippen LogP contribution is -2.29. The summed E-state index contributed by atoms with van der Waals surface area (Å²) in [6.07, 6.45) is 8.14. The fourth-order valence-electron chi connectivity index (χ4n) is 2.39. The first-order valence-electron chi connectivity index (χ1n) is 8.20. The molecule has 0 fully saturated rings. The number of hydrogen-bond acceptors (Lipinski definition) is 3. The maximum absolute atomic E-state index is 13.0. The van der Waals surface area contributed by atoms with E-state index in [-0.39, 0.29) is 36.3 Å². The summed E-state index contributed by atoms with van der Waals surface area (Å²) in [5.74, 6) is 1.70. The van der Waals surface area contributed by atoms with E-state index in [1.807, 2.05) is 0 Å². The quantitative estimate of drug-likeness (QED) is 0.504. The number of hydrogen-bond donors (Lipinski definition) is 0. The van der Waals surface area contributed by atoms with Gasteiger partial charge in [0.25, 0.3) is 0 Å². The van der Waals surface area contributed by atoms with Crippen LogP contribution in [0.1, 0.15) is 11.1 Å². The number of benzene rings is 2. The van der Waals surface area contributed by atoms with Gasteiger partial charge in [-0.15, -0.1) is 6.42 Å². The number of ether oxygens (including phenoxy) is 2. The molecule has 0 spiro atoms. The molecule has 0 bridgehead atoms. The van der Waals surface area contributed by atoms with Gasteiger partial charge in [0.15, 0.2) is 11.5 Å². The van der Waals surface area contributed by atoms with Gasteiger partial charge in [-0.2, -0.15) is 8.78 Å². The molecule has 2 aromatic carbocycles. The number of halogens is 3. The molecule has 1 amide bonds. The minimum atomic E-state index is -2.97. The predicted molar refractivity (Wildman–Crippen MR) is 99.3 cm³/mol. The van der Waals surface area contributed by atoms with Crippen LogP contribution in [-0.4, -0.2) is 31.1 Å². The van der Waals surface area contributed by atoms with Crippen LogP contribution in [-0.2, 0) is 11.3 Å². The van der Waals surface area contributed by atoms with Crippen LogP contribution in [0, 0.1) is 18.2 Å². The zero-order valence-corrected chi connectivity index (χ0v) is 15.1. The van der Waals surface area contributed by atoms with Gasteiger partial charge in [0.2, 0.25) is 5.91 Å². The fraction of sp³-hybridized carbons (Fsp3) is 0.190. The Hall–Kier alpha value is -3.40. The molecule has 4 nitrogen and oxygen atoms in total. The Kier molecular flexibility index (Phi) is 7.52. The van der Waals surface area contributed by atoms with Crippen LogP contribution in [0.4, 0.5) is 13.2 Å². The number of rotatable bonds is 8. The Labute approximate surface area is 161 Å². The van der Waals surface area contributed by atoms with Gasteiger partial charge >= 0.3 is 6.61 Å². The average Bonchev–Trinajstić information content (AvgIpc) is 2.67. The van der Waals surface area contributed by atoms with Crippen molar-refractivity contribution in [3.8, 4) is 23.8 Å². The van der Waals surface area contributed by atoms with Gasteiger partial charge < -0.3 is 14.4 Å². The average molecular weight is 389 g/mol. The predicted octanol–water partition coefficient (Wildman–Crippen LogP) is 4.11. The van der Waals surface area contributed by atoms with Gasteiger partial charge in [-0.05, 0) is 41.5 Å². The molecule has 146 valence electrons. The molecule has 0 N–H and O–H groups in total. The summed E-state index contributed by atoms with van der Waals surface area (Å²) in [5.41, 5.74) is 1.28. The minimum Gasteiger partial charge on any atom is -0.493 e. The SMILES string of the molecule is C#CCN(Cc1ccc(F)cc1)C(=O)/C=C/c1ccc(OC(F)F)c(OC)c1. The first-order chi connectivity index (χ1) is 13.4. The third kappa shape index (κ3) is 6.09. The normalized spacial score (nSPS) is 10.7. The van der Waals surface area contributed by atoms with Crippen molar-refractivity contribution in [2.24, 2.45) is 0 Å². The standard InChI is InChI=1S/C21H18F3NO3/c1-3-12-25(14-16-4-8-17(22)9-5-16)20(26)11-7-15-6-10-18(28-21(23)24)19(13-15)27-2/h1,4-11,13,21H,12,14H2,2H3/b11-7+. The number of terminal acetylenes is 1. The molecule has 0 aliphatic carbocycles. The second-order valence-electron chi connectivity index (χ2n) is 5.65. The molecule has 0 aliphatic heterocycles. The molecule has 0 saturated carbocycles. The van der Waals surface area contributed by atoms with Crippen LogP contribution in [0.25, 0.3) is 6.08 Å². The molecule has 0 radical (unpaired) electrons. The van der Waals surface area contributed by atoms with Crippen LogP contribution in [0.5, 0.6) is 11.5 Å². The molecule has 0 unspecified atom stereocenters. The van der Waals surface area contributed by atoms with E-state index < -0.39 is 6.61 Å². The Bertz CT molecular complexity index is 873. The van der Waals surface area contributed by atoms with Crippen molar-refractivity contribution in [2.75, 3.05) is 13.7 Å². The lowest BCUT2D eigenvalue weighted by Gasteiger charge is -2.18. The Balaban J connectivity index is 2.12. The highest BCUT2D eigenvalue weighted by atomic mass is 19.3. The first kappa shape index (κ1) is 20.9. The van der Waals surface area contributed by atoms with Crippen molar-refractivity contribution < 1.29 is 27.4 Å². The van der Waals surface area contributed by atoms with E-state index in [4.69, 9.17) is 11.2 Å². The van der Waals surface area contributed by atoms with E-state index in [9.17, 15) is 18.0 Å². The van der Waals surface area contributed by atoms with Crippen molar-refractivity contribution >= 4 is 12.0 Å². The van der Waals surface area contributed by atoms with Gasteiger partial charge in [-0.25, -0.2) is 4.39 Å². The van der Waals surface area contributed by atoms with Crippen LogP contribution >= 0.6 is 0 Å². The van der Waals surface area contributed by atoms with Gasteiger partial charge in [-0.1, -0.05) is 24.1 Å². The molecule has 0 atom stereocenters. The van der Waals surface area contributed by atoms with E-state index >= 15 is 0 Å². The largest absolute Gasteiger partial charge is 0.493 e. The van der Waals surface area contributed by atoms with E-state index in [2.05, 4.69) is 10.7 Å². The zero-order chi connectivity index (χ0) is 20.5. The van der Waals surface area contributed by atoms with Crippen LogP contribution in [0.15, 0.2) is 48.5 Å². The maximum Gasteiger partial charge on any atom is 0.387 e. The number of methoxy groups -OCH3 is 1. The molecule has 7 heteroatoms. The van der Waals surface area contributed by atoms with Gasteiger partial charge in [0.05, 0.1) is 13.7 Å². The monoisotopic (exact) mass is 389 g/mol. The number of amides is 1. The lowest BCUT2D eigenvalue weighted by atomic mass is 10.1. The second kappa shape index (κ2) is 10.1. The third-order valence-corrected chi connectivity index (χ3v) is 3.70. The van der Waals surface area contributed by atoms with Crippen molar-refractivity contribution in [1.82, 2.24) is 4.90 Å². The molecule has 2 aromatic rings. The molecule has 0 aliphatic rings. The van der Waals surface area contributed by atoms with Gasteiger partial charge in [0, 0.05) is 12.6 Å². The van der Waals surface area contributed by atoms with E-state index in [0.717, 1.165) is 5.56 Å². The summed E-state index contributed by atoms with van der Waals surface area (Å²) in [4.78, 5) is 13.9. The lowest BCUT2D eigenvalue weighted by molar-refractivity contribution is -0.125. The molecule has 0 saturated heterocycles. The summed E-state index contributed by atoms with van der Waals surface area (Å²) in [6.45, 7) is -2.68. The minimum absolute atomic E-state index is 0.0744. The smallest absolute Gasteiger partial charge is 0.387 e. The van der Waals surface area contributed by atoms with E-state index in [1.54, 1.807) is 12.1 Å². The van der Waals surface area contributed by atoms with Gasteiger partial charge in [-0.3, -0.25) is 4.79 Å². The highest BCUT2D eigenvalue weighted by Crippen LogP contribution is 2.29. The van der Waals surface area contributed by atoms with Crippen molar-refractivity contribution in [3.63, 3.8) is 0 Å². The number of nitrogens with zero attached hydrogens (tertiary/aromatic N) is 1. The molecule has 28 heavy (non-hydrogen) atoms. The van der Waals surface area contributed by atoms with Gasteiger partial charge in [0.1, 0.15) is 5.82 Å². The maximum atomic E-state index is 13.0. The van der Waals surface area contributed by atoms with Crippen molar-refractivity contribution in [2.45, 2.75) is 13.2 Å². The molecule has 0 aromatic heterocycles. The highest BCUT2D eigenvalue weighted by molar-refractivity contribution is 5.92. The molecule has 0 heterocycles. The Morgan fingerprint density at radius 3 is 2.54 bits per heavy atom. The summed E-state index contributed by atoms with van der Waals surface area (Å²) in [6, 6.07) is 10.1. The Morgan fingerprint density at radius 2 is 1.93 bits per heavy atom. The van der Waals surface area contributed by atoms with E-state index in [0.29, 0.717) is 5.56 Å². The topological polar surface area (TPSA) is 38.8 Å². The van der Waals surface area contributed by atoms with Crippen LogP contribution in [0.2, 0.25) is 0 Å². The Morgan fingerprint density at radius 1 is 1.21 bits per heavy atom. The third-order valence-electron chi connectivity index (χ3n) is 3.70. The van der Waals surface area contributed by atoms with Crippen LogP contribution < -0.4 is 9.47 Å². The number of carbonyl (C=O) groups excluding carboxylic acids is 1. The number of alkyl halides is 2. The van der Waals surface area contributed by atoms with E-state index in [1.165, 1.54) is 54.5 Å². The molecular formula is C21H18F3NO3. The fourth-order valence-corrected chi connectivity index (χ4v) is 2.39. The molecule has 2 rings (SSSR count). The summed E-state index contributed by atoms with van der Waals surface area (Å²) < 4.78 is 47.1. The van der Waals surface area contributed by atoms with Crippen molar-refractivity contribution in [1.29, 1.82) is 0 Å². The summed E-state index contributed by atoms with van der Waals surface area (Å²) in [7, 11) is 1.32. The highest BCUT2D eigenvalue weighted by Gasteiger charge is 2.12. The second-order valence-corrected chi connectivity index (χ2v) is 5.65. The van der Waals surface area contributed by atoms with Crippen molar-refractivity contribution in [3.05, 3.63) is 65.5 Å². The zero-order valence-electron chi connectivity index (χ0n) is 15.1.